The predicted octanol–water partition coefficient (Wildman–Crippen LogP) is 3.83. The molecule has 3 rings (SSSR count). The van der Waals surface area contributed by atoms with Crippen molar-refractivity contribution in [3.8, 4) is 11.8 Å². The van der Waals surface area contributed by atoms with Crippen LogP contribution in [-0.4, -0.2) is 55.8 Å². The molecule has 14 heteroatoms. The third-order valence-corrected chi connectivity index (χ3v) is 6.68. The summed E-state index contributed by atoms with van der Waals surface area (Å²) in [6.45, 7) is 0.0989. The van der Waals surface area contributed by atoms with Crippen LogP contribution in [-0.2, 0) is 16.2 Å². The van der Waals surface area contributed by atoms with Crippen LogP contribution in [0.5, 0.6) is 0 Å². The van der Waals surface area contributed by atoms with Crippen molar-refractivity contribution in [3.63, 3.8) is 0 Å². The number of benzene rings is 1. The van der Waals surface area contributed by atoms with E-state index in [9.17, 15) is 26.9 Å². The van der Waals surface area contributed by atoms with Crippen molar-refractivity contribution >= 4 is 51.1 Å². The van der Waals surface area contributed by atoms with E-state index < -0.39 is 31.8 Å². The van der Waals surface area contributed by atoms with E-state index in [1.165, 1.54) is 6.34 Å². The third-order valence-electron chi connectivity index (χ3n) is 4.26. The fourth-order valence-corrected chi connectivity index (χ4v) is 5.19. The van der Waals surface area contributed by atoms with E-state index in [-0.39, 0.29) is 35.2 Å². The van der Waals surface area contributed by atoms with Gasteiger partial charge >= 0.3 is 6.18 Å². The Hall–Kier alpha value is -2.49. The highest BCUT2D eigenvalue weighted by Gasteiger charge is 2.37. The van der Waals surface area contributed by atoms with E-state index in [0.29, 0.717) is 18.6 Å². The van der Waals surface area contributed by atoms with E-state index >= 15 is 0 Å². The number of aromatic nitrogens is 2. The van der Waals surface area contributed by atoms with Gasteiger partial charge in [0.25, 0.3) is 0 Å². The van der Waals surface area contributed by atoms with Crippen LogP contribution >= 0.6 is 23.2 Å². The monoisotopic (exact) mass is 494 g/mol. The minimum Gasteiger partial charge on any atom is -0.369 e. The number of nitrogens with zero attached hydrogens (tertiary/aromatic N) is 6. The number of nitriles is 1. The first-order valence-electron chi connectivity index (χ1n) is 8.67. The van der Waals surface area contributed by atoms with Gasteiger partial charge in [-0.2, -0.15) is 23.5 Å². The molecule has 0 unspecified atom stereocenters. The molecule has 0 amide bonds. The van der Waals surface area contributed by atoms with Crippen LogP contribution in [0.1, 0.15) is 17.7 Å². The van der Waals surface area contributed by atoms with Crippen molar-refractivity contribution in [2.45, 2.75) is 12.6 Å². The quantitative estimate of drug-likeness (QED) is 0.475. The molecule has 31 heavy (non-hydrogen) atoms. The topological polar surface area (TPSA) is 94.6 Å². The average molecular weight is 495 g/mol. The second-order valence-corrected chi connectivity index (χ2v) is 9.61. The zero-order valence-electron chi connectivity index (χ0n) is 16.2. The lowest BCUT2D eigenvalue weighted by Gasteiger charge is -2.17. The molecule has 0 bridgehead atoms. The molecule has 0 atom stereocenters. The summed E-state index contributed by atoms with van der Waals surface area (Å²) < 4.78 is 66.3. The average Bonchev–Trinajstić information content (AvgIpc) is 3.17. The molecule has 2 aromatic rings. The molecule has 0 radical (unpaired) electrons. The molecule has 0 aliphatic carbocycles. The maximum Gasteiger partial charge on any atom is 0.416 e. The number of hydrogen-bond acceptors (Lipinski definition) is 5. The van der Waals surface area contributed by atoms with Gasteiger partial charge in [-0.3, -0.25) is 4.31 Å². The summed E-state index contributed by atoms with van der Waals surface area (Å²) in [5, 5.41) is 12.8. The molecular formula is C17H15Cl2F3N6O2S. The van der Waals surface area contributed by atoms with Crippen molar-refractivity contribution in [2.75, 3.05) is 30.7 Å². The standard InChI is InChI=1S/C17H15Cl2F3N6O2S/c1-26(2)9-24-16-15(27-4-3-5-31(27,29)30)13(8-23)25-28(16)14-11(18)6-10(7-12(14)19)17(20,21)22/h6-7,9H,3-5H2,1-2H3. The number of sulfonamides is 1. The third kappa shape index (κ3) is 4.44. The van der Waals surface area contributed by atoms with Crippen LogP contribution in [0.4, 0.5) is 24.7 Å². The molecule has 0 saturated carbocycles. The second kappa shape index (κ2) is 8.22. The Morgan fingerprint density at radius 3 is 2.32 bits per heavy atom. The first-order valence-corrected chi connectivity index (χ1v) is 11.0. The van der Waals surface area contributed by atoms with E-state index in [1.54, 1.807) is 19.0 Å². The minimum atomic E-state index is -4.69. The van der Waals surface area contributed by atoms with Crippen LogP contribution in [0.15, 0.2) is 17.1 Å². The molecular weight excluding hydrogens is 480 g/mol. The SMILES string of the molecule is CN(C)C=Nc1c(N2CCCS2(=O)=O)c(C#N)nn1-c1c(Cl)cc(C(F)(F)F)cc1Cl. The van der Waals surface area contributed by atoms with Gasteiger partial charge in [0.15, 0.2) is 11.5 Å². The van der Waals surface area contributed by atoms with Gasteiger partial charge in [-0.1, -0.05) is 23.2 Å². The van der Waals surface area contributed by atoms with Gasteiger partial charge < -0.3 is 4.90 Å². The van der Waals surface area contributed by atoms with E-state index in [2.05, 4.69) is 10.1 Å². The zero-order chi connectivity index (χ0) is 23.1. The summed E-state index contributed by atoms with van der Waals surface area (Å²) in [6, 6.07) is 3.15. The van der Waals surface area contributed by atoms with Crippen molar-refractivity contribution in [1.29, 1.82) is 5.26 Å². The molecule has 0 N–H and O–H groups in total. The van der Waals surface area contributed by atoms with Gasteiger partial charge in [0.1, 0.15) is 17.4 Å². The predicted molar refractivity (Wildman–Crippen MR) is 111 cm³/mol. The highest BCUT2D eigenvalue weighted by Crippen LogP contribution is 2.43. The van der Waals surface area contributed by atoms with Gasteiger partial charge in [-0.05, 0) is 18.6 Å². The summed E-state index contributed by atoms with van der Waals surface area (Å²) in [4.78, 5) is 5.76. The normalized spacial score (nSPS) is 16.1. The van der Waals surface area contributed by atoms with Gasteiger partial charge in [0.2, 0.25) is 10.0 Å². The summed E-state index contributed by atoms with van der Waals surface area (Å²) in [7, 11) is -0.417. The van der Waals surface area contributed by atoms with Crippen LogP contribution in [0, 0.1) is 11.3 Å². The summed E-state index contributed by atoms with van der Waals surface area (Å²) in [5.41, 5.74) is -1.62. The molecule has 1 aliphatic rings. The Labute approximate surface area is 186 Å². The lowest BCUT2D eigenvalue weighted by Crippen LogP contribution is -2.25. The number of alkyl halides is 3. The molecule has 0 spiro atoms. The van der Waals surface area contributed by atoms with Gasteiger partial charge in [0, 0.05) is 20.6 Å². The van der Waals surface area contributed by atoms with Gasteiger partial charge in [-0.15, -0.1) is 0 Å². The first kappa shape index (κ1) is 23.2. The molecule has 1 aliphatic heterocycles. The van der Waals surface area contributed by atoms with Crippen molar-refractivity contribution < 1.29 is 21.6 Å². The van der Waals surface area contributed by atoms with Crippen molar-refractivity contribution in [1.82, 2.24) is 14.7 Å². The minimum absolute atomic E-state index is 0.0925. The van der Waals surface area contributed by atoms with Crippen LogP contribution in [0.25, 0.3) is 5.69 Å². The Morgan fingerprint density at radius 2 is 1.87 bits per heavy atom. The van der Waals surface area contributed by atoms with Crippen molar-refractivity contribution in [2.24, 2.45) is 4.99 Å². The zero-order valence-corrected chi connectivity index (χ0v) is 18.5. The molecule has 1 fully saturated rings. The summed E-state index contributed by atoms with van der Waals surface area (Å²) in [5.74, 6) is -0.235. The Balaban J connectivity index is 2.33. The van der Waals surface area contributed by atoms with E-state index in [0.717, 1.165) is 8.99 Å². The number of anilines is 1. The van der Waals surface area contributed by atoms with Crippen LogP contribution in [0.3, 0.4) is 0 Å². The maximum atomic E-state index is 13.1. The molecule has 166 valence electrons. The fraction of sp³-hybridized carbons (Fsp3) is 0.353. The van der Waals surface area contributed by atoms with Gasteiger partial charge in [0.05, 0.1) is 27.7 Å². The number of hydrogen-bond donors (Lipinski definition) is 0. The van der Waals surface area contributed by atoms with Crippen LogP contribution < -0.4 is 4.31 Å². The van der Waals surface area contributed by atoms with E-state index in [4.69, 9.17) is 23.2 Å². The molecule has 2 heterocycles. The fourth-order valence-electron chi connectivity index (χ4n) is 2.97. The Morgan fingerprint density at radius 1 is 1.26 bits per heavy atom. The molecule has 1 aromatic carbocycles. The lowest BCUT2D eigenvalue weighted by molar-refractivity contribution is -0.137. The van der Waals surface area contributed by atoms with E-state index in [1.807, 2.05) is 6.07 Å². The van der Waals surface area contributed by atoms with Crippen LogP contribution in [0.2, 0.25) is 10.0 Å². The Kier molecular flexibility index (Phi) is 6.14. The number of rotatable bonds is 4. The smallest absolute Gasteiger partial charge is 0.369 e. The summed E-state index contributed by atoms with van der Waals surface area (Å²) >= 11 is 12.2. The second-order valence-electron chi connectivity index (χ2n) is 6.78. The number of aliphatic imine (C=N–C) groups is 1. The highest BCUT2D eigenvalue weighted by atomic mass is 35.5. The largest absolute Gasteiger partial charge is 0.416 e. The molecule has 1 saturated heterocycles. The van der Waals surface area contributed by atoms with Gasteiger partial charge in [-0.25, -0.2) is 18.1 Å². The summed E-state index contributed by atoms with van der Waals surface area (Å²) in [6.07, 6.45) is -3.03. The molecule has 1 aromatic heterocycles. The first-order chi connectivity index (χ1) is 14.4. The lowest BCUT2D eigenvalue weighted by atomic mass is 10.2. The van der Waals surface area contributed by atoms with Crippen molar-refractivity contribution in [3.05, 3.63) is 33.4 Å². The highest BCUT2D eigenvalue weighted by molar-refractivity contribution is 7.93. The Bertz CT molecular complexity index is 1180. The number of halogens is 5. The maximum absolute atomic E-state index is 13.1. The molecule has 8 nitrogen and oxygen atoms in total.